The van der Waals surface area contributed by atoms with Gasteiger partial charge in [-0.05, 0) is 41.0 Å². The highest BCUT2D eigenvalue weighted by molar-refractivity contribution is 6.50. The number of phenolic OH excluding ortho intramolecular Hbond substituents is 5. The highest BCUT2D eigenvalue weighted by Crippen LogP contribution is 2.55. The van der Waals surface area contributed by atoms with Crippen molar-refractivity contribution in [3.05, 3.63) is 47.7 Å². The van der Waals surface area contributed by atoms with Crippen molar-refractivity contribution in [2.24, 2.45) is 0 Å². The molecule has 1 aliphatic carbocycles. The van der Waals surface area contributed by atoms with E-state index < -0.39 is 28.7 Å². The van der Waals surface area contributed by atoms with Gasteiger partial charge in [0.1, 0.15) is 11.3 Å². The molecular formula is C22H15ClO6. The number of benzene rings is 3. The topological polar surface area (TPSA) is 114 Å². The fourth-order valence-electron chi connectivity index (χ4n) is 3.87. The number of fused-ring (bicyclic) bond motifs is 4. The first-order valence-corrected chi connectivity index (χ1v) is 9.29. The molecule has 0 fully saturated rings. The molecule has 0 amide bonds. The molecule has 29 heavy (non-hydrogen) atoms. The van der Waals surface area contributed by atoms with Crippen molar-refractivity contribution < 1.29 is 29.9 Å². The number of hydrogen-bond acceptors (Lipinski definition) is 6. The maximum absolute atomic E-state index is 10.2. The lowest BCUT2D eigenvalue weighted by molar-refractivity contribution is 0.330. The van der Waals surface area contributed by atoms with Gasteiger partial charge in [-0.3, -0.25) is 0 Å². The lowest BCUT2D eigenvalue weighted by atomic mass is 9.96. The molecule has 1 aliphatic rings. The minimum absolute atomic E-state index is 0.190. The van der Waals surface area contributed by atoms with Gasteiger partial charge in [0, 0.05) is 22.4 Å². The van der Waals surface area contributed by atoms with Gasteiger partial charge in [0.15, 0.2) is 11.5 Å². The van der Waals surface area contributed by atoms with Crippen LogP contribution in [-0.4, -0.2) is 25.5 Å². The Hall–Kier alpha value is -3.51. The Morgan fingerprint density at radius 1 is 0.759 bits per heavy atom. The Morgan fingerprint density at radius 3 is 2.17 bits per heavy atom. The maximum Gasteiger partial charge on any atom is 0.208 e. The molecule has 0 aliphatic heterocycles. The molecule has 7 heteroatoms. The number of rotatable bonds is 1. The molecule has 0 spiro atoms. The van der Waals surface area contributed by atoms with Crippen LogP contribution >= 0.6 is 11.6 Å². The van der Waals surface area contributed by atoms with Crippen LogP contribution in [0.5, 0.6) is 28.7 Å². The number of aryl methyl sites for hydroxylation is 1. The van der Waals surface area contributed by atoms with Gasteiger partial charge in [-0.2, -0.15) is 0 Å². The Labute approximate surface area is 169 Å². The van der Waals surface area contributed by atoms with Gasteiger partial charge >= 0.3 is 0 Å². The predicted octanol–water partition coefficient (Wildman–Crippen LogP) is 5.31. The summed E-state index contributed by atoms with van der Waals surface area (Å²) in [7, 11) is 0. The van der Waals surface area contributed by atoms with Crippen molar-refractivity contribution in [1.29, 1.82) is 0 Å². The van der Waals surface area contributed by atoms with Crippen LogP contribution in [0.15, 0.2) is 40.8 Å². The smallest absolute Gasteiger partial charge is 0.208 e. The normalized spacial score (nSPS) is 13.6. The second-order valence-corrected chi connectivity index (χ2v) is 7.43. The SMILES string of the molecule is Oc1c(O)c(O)c(-c2ccc3cc4c5c(oc4cc3c2)CCC=C5Cl)c(O)c1O. The maximum atomic E-state index is 10.2. The minimum atomic E-state index is -0.989. The predicted molar refractivity (Wildman–Crippen MR) is 110 cm³/mol. The van der Waals surface area contributed by atoms with E-state index in [-0.39, 0.29) is 5.56 Å². The largest absolute Gasteiger partial charge is 0.504 e. The first kappa shape index (κ1) is 17.6. The highest BCUT2D eigenvalue weighted by Gasteiger charge is 2.25. The Kier molecular flexibility index (Phi) is 3.63. The van der Waals surface area contributed by atoms with Gasteiger partial charge in [0.05, 0.1) is 5.56 Å². The summed E-state index contributed by atoms with van der Waals surface area (Å²) in [5.41, 5.74) is 1.72. The third kappa shape index (κ3) is 2.42. The Morgan fingerprint density at radius 2 is 1.45 bits per heavy atom. The zero-order valence-electron chi connectivity index (χ0n) is 14.9. The highest BCUT2D eigenvalue weighted by atomic mass is 35.5. The van der Waals surface area contributed by atoms with E-state index >= 15 is 0 Å². The van der Waals surface area contributed by atoms with Crippen LogP contribution in [-0.2, 0) is 6.42 Å². The van der Waals surface area contributed by atoms with Crippen molar-refractivity contribution in [3.63, 3.8) is 0 Å². The number of aromatic hydroxyl groups is 5. The zero-order valence-corrected chi connectivity index (χ0v) is 15.7. The van der Waals surface area contributed by atoms with Crippen LogP contribution in [0.1, 0.15) is 17.7 Å². The molecule has 1 aromatic heterocycles. The summed E-state index contributed by atoms with van der Waals surface area (Å²) in [6, 6.07) is 8.89. The van der Waals surface area contributed by atoms with Crippen molar-refractivity contribution in [2.45, 2.75) is 12.8 Å². The molecule has 0 unspecified atom stereocenters. The summed E-state index contributed by atoms with van der Waals surface area (Å²) in [6.45, 7) is 0. The quantitative estimate of drug-likeness (QED) is 0.215. The molecule has 1 heterocycles. The monoisotopic (exact) mass is 410 g/mol. The summed E-state index contributed by atoms with van der Waals surface area (Å²) in [5.74, 6) is -3.44. The van der Waals surface area contributed by atoms with Crippen LogP contribution in [0.4, 0.5) is 0 Å². The molecule has 6 nitrogen and oxygen atoms in total. The number of furan rings is 1. The third-order valence-corrected chi connectivity index (χ3v) is 5.66. The van der Waals surface area contributed by atoms with Crippen molar-refractivity contribution >= 4 is 38.4 Å². The number of allylic oxidation sites excluding steroid dienone is 1. The van der Waals surface area contributed by atoms with Gasteiger partial charge < -0.3 is 29.9 Å². The Bertz CT molecular complexity index is 1340. The van der Waals surface area contributed by atoms with E-state index in [2.05, 4.69) is 0 Å². The molecule has 3 aromatic carbocycles. The molecule has 5 N–H and O–H groups in total. The molecule has 0 radical (unpaired) electrons. The number of halogens is 1. The van der Waals surface area contributed by atoms with Gasteiger partial charge in [0.2, 0.25) is 17.2 Å². The summed E-state index contributed by atoms with van der Waals surface area (Å²) in [6.07, 6.45) is 3.57. The van der Waals surface area contributed by atoms with E-state index in [9.17, 15) is 25.5 Å². The van der Waals surface area contributed by atoms with E-state index in [0.29, 0.717) is 16.2 Å². The second kappa shape index (κ2) is 5.99. The molecule has 5 rings (SSSR count). The van der Waals surface area contributed by atoms with Crippen molar-refractivity contribution in [2.75, 3.05) is 0 Å². The lowest BCUT2D eigenvalue weighted by Gasteiger charge is -2.13. The second-order valence-electron chi connectivity index (χ2n) is 7.02. The van der Waals surface area contributed by atoms with E-state index in [1.807, 2.05) is 18.2 Å². The average molecular weight is 411 g/mol. The van der Waals surface area contributed by atoms with E-state index in [1.165, 1.54) is 0 Å². The Balaban J connectivity index is 1.75. The fourth-order valence-corrected chi connectivity index (χ4v) is 4.19. The van der Waals surface area contributed by atoms with E-state index in [1.54, 1.807) is 18.2 Å². The van der Waals surface area contributed by atoms with Gasteiger partial charge in [0.25, 0.3) is 0 Å². The first-order valence-electron chi connectivity index (χ1n) is 8.91. The summed E-state index contributed by atoms with van der Waals surface area (Å²) >= 11 is 6.38. The average Bonchev–Trinajstić information content (AvgIpc) is 3.07. The molecular weight excluding hydrogens is 396 g/mol. The van der Waals surface area contributed by atoms with Crippen LogP contribution in [0.25, 0.3) is 37.9 Å². The zero-order chi connectivity index (χ0) is 20.4. The molecule has 0 atom stereocenters. The van der Waals surface area contributed by atoms with Gasteiger partial charge in [-0.1, -0.05) is 29.8 Å². The van der Waals surface area contributed by atoms with Crippen molar-refractivity contribution in [1.82, 2.24) is 0 Å². The third-order valence-electron chi connectivity index (χ3n) is 5.31. The van der Waals surface area contributed by atoms with E-state index in [4.69, 9.17) is 16.0 Å². The fraction of sp³-hybridized carbons (Fsp3) is 0.0909. The molecule has 4 aromatic rings. The number of phenols is 5. The minimum Gasteiger partial charge on any atom is -0.504 e. The van der Waals surface area contributed by atoms with Crippen LogP contribution in [0.2, 0.25) is 0 Å². The van der Waals surface area contributed by atoms with Crippen LogP contribution < -0.4 is 0 Å². The van der Waals surface area contributed by atoms with Crippen LogP contribution in [0, 0.1) is 0 Å². The summed E-state index contributed by atoms with van der Waals surface area (Å²) in [5, 5.41) is 52.8. The van der Waals surface area contributed by atoms with Crippen LogP contribution in [0.3, 0.4) is 0 Å². The molecule has 0 saturated carbocycles. The van der Waals surface area contributed by atoms with E-state index in [0.717, 1.165) is 40.3 Å². The lowest BCUT2D eigenvalue weighted by Crippen LogP contribution is -1.92. The molecule has 146 valence electrons. The molecule has 0 bridgehead atoms. The summed E-state index contributed by atoms with van der Waals surface area (Å²) in [4.78, 5) is 0. The van der Waals surface area contributed by atoms with Crippen molar-refractivity contribution in [3.8, 4) is 39.9 Å². The first-order chi connectivity index (χ1) is 13.9. The molecule has 0 saturated heterocycles. The standard InChI is InChI=1S/C22H15ClO6/c23-13-2-1-3-14-17(13)12-7-9-4-5-10(6-11(9)8-15(12)29-14)16-18(24)20(26)22(28)21(27)19(16)25/h2,4-8,24-28H,1,3H2. The van der Waals surface area contributed by atoms with Gasteiger partial charge in [-0.25, -0.2) is 0 Å². The summed E-state index contributed by atoms with van der Waals surface area (Å²) < 4.78 is 5.98. The number of hydrogen-bond donors (Lipinski definition) is 5. The van der Waals surface area contributed by atoms with Gasteiger partial charge in [-0.15, -0.1) is 0 Å².